The molecule has 5 nitrogen and oxygen atoms in total. The fourth-order valence-electron chi connectivity index (χ4n) is 1.14. The van der Waals surface area contributed by atoms with Crippen LogP contribution in [0.25, 0.3) is 0 Å². The van der Waals surface area contributed by atoms with Crippen molar-refractivity contribution < 1.29 is 9.63 Å². The quantitative estimate of drug-likeness (QED) is 0.660. The van der Waals surface area contributed by atoms with Crippen LogP contribution in [0.5, 0.6) is 0 Å². The van der Waals surface area contributed by atoms with Gasteiger partial charge in [-0.3, -0.25) is 10.2 Å². The van der Waals surface area contributed by atoms with E-state index >= 15 is 0 Å². The van der Waals surface area contributed by atoms with Gasteiger partial charge < -0.3 is 4.84 Å². The molecule has 1 rings (SSSR count). The van der Waals surface area contributed by atoms with Crippen LogP contribution in [-0.2, 0) is 9.63 Å². The molecule has 1 aliphatic heterocycles. The number of carbonyl (C=O) groups excluding carboxylic acids is 1. The molecule has 5 heteroatoms. The second-order valence-corrected chi connectivity index (χ2v) is 4.09. The molecular weight excluding hydrogens is 182 g/mol. The highest BCUT2D eigenvalue weighted by Gasteiger charge is 2.32. The standard InChI is InChI=1S/C9H17N3O2/c1-6(2)8(13)10-12-9(4)5-7(3)11-14-9/h6,12H,5H2,1-4H3,(H,10,13). The summed E-state index contributed by atoms with van der Waals surface area (Å²) in [5.74, 6) is -0.103. The second-order valence-electron chi connectivity index (χ2n) is 4.09. The zero-order chi connectivity index (χ0) is 10.8. The zero-order valence-electron chi connectivity index (χ0n) is 9.05. The molecule has 1 unspecified atom stereocenters. The molecule has 0 saturated heterocycles. The van der Waals surface area contributed by atoms with E-state index in [9.17, 15) is 4.79 Å². The molecule has 2 N–H and O–H groups in total. The average Bonchev–Trinajstić information content (AvgIpc) is 2.43. The van der Waals surface area contributed by atoms with Crippen LogP contribution in [0.1, 0.15) is 34.1 Å². The van der Waals surface area contributed by atoms with Gasteiger partial charge in [-0.2, -0.15) is 5.43 Å². The number of hydrogen-bond donors (Lipinski definition) is 2. The molecule has 1 heterocycles. The molecular formula is C9H17N3O2. The lowest BCUT2D eigenvalue weighted by molar-refractivity contribution is -0.128. The van der Waals surface area contributed by atoms with Crippen molar-refractivity contribution in [3.63, 3.8) is 0 Å². The van der Waals surface area contributed by atoms with Gasteiger partial charge in [0.15, 0.2) is 0 Å². The van der Waals surface area contributed by atoms with Crippen LogP contribution in [0.2, 0.25) is 0 Å². The van der Waals surface area contributed by atoms with E-state index < -0.39 is 5.72 Å². The van der Waals surface area contributed by atoms with E-state index in [0.717, 1.165) is 5.71 Å². The summed E-state index contributed by atoms with van der Waals surface area (Å²) in [6.45, 7) is 7.39. The highest BCUT2D eigenvalue weighted by Crippen LogP contribution is 2.19. The van der Waals surface area contributed by atoms with Crippen LogP contribution in [0.3, 0.4) is 0 Å². The second kappa shape index (κ2) is 3.96. The molecule has 1 amide bonds. The maximum absolute atomic E-state index is 11.3. The molecule has 80 valence electrons. The Morgan fingerprint density at radius 3 is 2.71 bits per heavy atom. The lowest BCUT2D eigenvalue weighted by Gasteiger charge is -2.23. The zero-order valence-corrected chi connectivity index (χ0v) is 9.05. The Labute approximate surface area is 83.8 Å². The molecule has 1 aliphatic rings. The van der Waals surface area contributed by atoms with Gasteiger partial charge in [0, 0.05) is 12.3 Å². The Morgan fingerprint density at radius 2 is 2.29 bits per heavy atom. The first kappa shape index (κ1) is 11.0. The number of hydrogen-bond acceptors (Lipinski definition) is 4. The van der Waals surface area contributed by atoms with E-state index in [1.54, 1.807) is 0 Å². The Bertz CT molecular complexity index is 263. The normalized spacial score (nSPS) is 25.9. The lowest BCUT2D eigenvalue weighted by Crippen LogP contribution is -2.53. The minimum Gasteiger partial charge on any atom is -0.372 e. The van der Waals surface area contributed by atoms with Crippen LogP contribution in [0.4, 0.5) is 0 Å². The number of oxime groups is 1. The van der Waals surface area contributed by atoms with Crippen molar-refractivity contribution in [1.29, 1.82) is 0 Å². The van der Waals surface area contributed by atoms with Crippen molar-refractivity contribution >= 4 is 11.6 Å². The summed E-state index contributed by atoms with van der Waals surface area (Å²) < 4.78 is 0. The van der Waals surface area contributed by atoms with Gasteiger partial charge >= 0.3 is 0 Å². The summed E-state index contributed by atoms with van der Waals surface area (Å²) in [5, 5.41) is 3.81. The van der Waals surface area contributed by atoms with Crippen LogP contribution in [0, 0.1) is 5.92 Å². The maximum atomic E-state index is 11.3. The SMILES string of the molecule is CC1=NOC(C)(NNC(=O)C(C)C)C1. The van der Waals surface area contributed by atoms with Crippen LogP contribution < -0.4 is 10.9 Å². The Balaban J connectivity index is 2.36. The van der Waals surface area contributed by atoms with Crippen molar-refractivity contribution in [1.82, 2.24) is 10.9 Å². The lowest BCUT2D eigenvalue weighted by atomic mass is 10.1. The van der Waals surface area contributed by atoms with Crippen LogP contribution >= 0.6 is 0 Å². The molecule has 0 aromatic rings. The number of hydrazine groups is 1. The fraction of sp³-hybridized carbons (Fsp3) is 0.778. The van der Waals surface area contributed by atoms with E-state index in [0.29, 0.717) is 6.42 Å². The highest BCUT2D eigenvalue weighted by atomic mass is 16.7. The summed E-state index contributed by atoms with van der Waals surface area (Å²) >= 11 is 0. The molecule has 0 aliphatic carbocycles. The van der Waals surface area contributed by atoms with Gasteiger partial charge in [0.05, 0.1) is 5.71 Å². The van der Waals surface area contributed by atoms with Crippen LogP contribution in [-0.4, -0.2) is 17.3 Å². The molecule has 0 aromatic heterocycles. The molecule has 0 aromatic carbocycles. The topological polar surface area (TPSA) is 62.7 Å². The molecule has 14 heavy (non-hydrogen) atoms. The molecule has 0 radical (unpaired) electrons. The van der Waals surface area contributed by atoms with Gasteiger partial charge in [-0.05, 0) is 13.8 Å². The molecule has 0 fully saturated rings. The fourth-order valence-corrected chi connectivity index (χ4v) is 1.14. The van der Waals surface area contributed by atoms with Gasteiger partial charge in [0.25, 0.3) is 0 Å². The van der Waals surface area contributed by atoms with Crippen molar-refractivity contribution in [2.75, 3.05) is 0 Å². The van der Waals surface area contributed by atoms with E-state index in [1.807, 2.05) is 27.7 Å². The minimum atomic E-state index is -0.603. The predicted octanol–water partition coefficient (Wildman–Crippen LogP) is 0.776. The monoisotopic (exact) mass is 199 g/mol. The summed E-state index contributed by atoms with van der Waals surface area (Å²) in [5.41, 5.74) is 5.74. The van der Waals surface area contributed by atoms with Crippen molar-refractivity contribution in [2.45, 2.75) is 39.8 Å². The number of nitrogens with one attached hydrogen (secondary N) is 2. The van der Waals surface area contributed by atoms with Gasteiger partial charge in [-0.15, -0.1) is 0 Å². The third-order valence-corrected chi connectivity index (χ3v) is 1.97. The maximum Gasteiger partial charge on any atom is 0.236 e. The first-order valence-corrected chi connectivity index (χ1v) is 4.71. The third-order valence-electron chi connectivity index (χ3n) is 1.97. The predicted molar refractivity (Wildman–Crippen MR) is 53.3 cm³/mol. The summed E-state index contributed by atoms with van der Waals surface area (Å²) in [4.78, 5) is 16.4. The van der Waals surface area contributed by atoms with Gasteiger partial charge in [-0.1, -0.05) is 19.0 Å². The Kier molecular flexibility index (Phi) is 3.10. The third kappa shape index (κ3) is 2.70. The van der Waals surface area contributed by atoms with Crippen molar-refractivity contribution in [2.24, 2.45) is 11.1 Å². The molecule has 0 saturated carbocycles. The van der Waals surface area contributed by atoms with Crippen molar-refractivity contribution in [3.05, 3.63) is 0 Å². The van der Waals surface area contributed by atoms with E-state index in [4.69, 9.17) is 4.84 Å². The Hall–Kier alpha value is -1.10. The largest absolute Gasteiger partial charge is 0.372 e. The Morgan fingerprint density at radius 1 is 1.64 bits per heavy atom. The van der Waals surface area contributed by atoms with E-state index in [2.05, 4.69) is 16.0 Å². The number of rotatable bonds is 3. The van der Waals surface area contributed by atoms with Gasteiger partial charge in [0.1, 0.15) is 0 Å². The van der Waals surface area contributed by atoms with Crippen LogP contribution in [0.15, 0.2) is 5.16 Å². The minimum absolute atomic E-state index is 0.0467. The molecule has 1 atom stereocenters. The van der Waals surface area contributed by atoms with Gasteiger partial charge in [0.2, 0.25) is 11.6 Å². The summed E-state index contributed by atoms with van der Waals surface area (Å²) in [6.07, 6.45) is 0.672. The average molecular weight is 199 g/mol. The first-order chi connectivity index (χ1) is 6.43. The highest BCUT2D eigenvalue weighted by molar-refractivity contribution is 5.83. The first-order valence-electron chi connectivity index (χ1n) is 4.71. The van der Waals surface area contributed by atoms with Gasteiger partial charge in [-0.25, -0.2) is 0 Å². The van der Waals surface area contributed by atoms with E-state index in [1.165, 1.54) is 0 Å². The summed E-state index contributed by atoms with van der Waals surface area (Å²) in [7, 11) is 0. The van der Waals surface area contributed by atoms with E-state index in [-0.39, 0.29) is 11.8 Å². The number of carbonyl (C=O) groups is 1. The molecule has 0 spiro atoms. The number of amides is 1. The summed E-state index contributed by atoms with van der Waals surface area (Å²) in [6, 6.07) is 0. The van der Waals surface area contributed by atoms with Crippen molar-refractivity contribution in [3.8, 4) is 0 Å². The molecule has 0 bridgehead atoms. The smallest absolute Gasteiger partial charge is 0.236 e. The number of nitrogens with zero attached hydrogens (tertiary/aromatic N) is 1.